The number of aromatic nitrogens is 3. The summed E-state index contributed by atoms with van der Waals surface area (Å²) in [6, 6.07) is 3.31. The average molecular weight is 309 g/mol. The minimum atomic E-state index is -3.54. The summed E-state index contributed by atoms with van der Waals surface area (Å²) < 4.78 is 26.9. The fraction of sp³-hybridized carbons (Fsp3) is 0.385. The summed E-state index contributed by atoms with van der Waals surface area (Å²) in [6.45, 7) is 5.33. The van der Waals surface area contributed by atoms with Crippen LogP contribution in [0.1, 0.15) is 24.1 Å². The normalized spacial score (nSPS) is 11.7. The summed E-state index contributed by atoms with van der Waals surface area (Å²) >= 11 is 0. The van der Waals surface area contributed by atoms with Crippen LogP contribution in [0.2, 0.25) is 0 Å². The van der Waals surface area contributed by atoms with Crippen molar-refractivity contribution < 1.29 is 8.42 Å². The molecule has 2 aromatic rings. The van der Waals surface area contributed by atoms with Crippen molar-refractivity contribution in [2.45, 2.75) is 31.8 Å². The van der Waals surface area contributed by atoms with Crippen LogP contribution in [0.25, 0.3) is 0 Å². The maximum absolute atomic E-state index is 12.2. The molecule has 114 valence electrons. The molecule has 0 unspecified atom stereocenters. The van der Waals surface area contributed by atoms with Crippen LogP contribution in [-0.4, -0.2) is 29.9 Å². The van der Waals surface area contributed by atoms with E-state index < -0.39 is 10.0 Å². The van der Waals surface area contributed by atoms with Gasteiger partial charge < -0.3 is 10.3 Å². The largest absolute Gasteiger partial charge is 0.363 e. The third-order valence-electron chi connectivity index (χ3n) is 2.87. The molecule has 0 spiro atoms. The Balaban J connectivity index is 2.02. The van der Waals surface area contributed by atoms with Crippen molar-refractivity contribution in [1.29, 1.82) is 0 Å². The van der Waals surface area contributed by atoms with Gasteiger partial charge in [0.05, 0.1) is 17.1 Å². The molecule has 3 N–H and O–H groups in total. The van der Waals surface area contributed by atoms with E-state index in [2.05, 4.69) is 25.0 Å². The molecule has 0 bridgehead atoms. The number of nitrogens with zero attached hydrogens (tertiary/aromatic N) is 2. The predicted octanol–water partition coefficient (Wildman–Crippen LogP) is 0.701. The summed E-state index contributed by atoms with van der Waals surface area (Å²) in [5, 5.41) is 3.13. The Morgan fingerprint density at radius 1 is 1.33 bits per heavy atom. The quantitative estimate of drug-likeness (QED) is 0.699. The molecule has 0 aliphatic carbocycles. The molecule has 2 heterocycles. The maximum Gasteiger partial charge on any atom is 0.242 e. The summed E-state index contributed by atoms with van der Waals surface area (Å²) in [5.41, 5.74) is 1.46. The van der Waals surface area contributed by atoms with Gasteiger partial charge in [-0.25, -0.2) is 23.1 Å². The van der Waals surface area contributed by atoms with Crippen molar-refractivity contribution in [3.8, 4) is 0 Å². The first kappa shape index (κ1) is 15.6. The maximum atomic E-state index is 12.2. The number of rotatable bonds is 7. The van der Waals surface area contributed by atoms with Crippen molar-refractivity contribution in [2.75, 3.05) is 6.54 Å². The zero-order valence-electron chi connectivity index (χ0n) is 12.0. The highest BCUT2D eigenvalue weighted by Gasteiger charge is 2.16. The van der Waals surface area contributed by atoms with Gasteiger partial charge in [0.15, 0.2) is 0 Å². The summed E-state index contributed by atoms with van der Waals surface area (Å²) in [4.78, 5) is 11.3. The molecule has 0 aromatic carbocycles. The van der Waals surface area contributed by atoms with Crippen molar-refractivity contribution in [3.05, 3.63) is 41.7 Å². The standard InChI is InChI=1S/C13H19N5O2S/c1-3-14-7-12-6-13(9-16-12)21(19,20)17-8-11-4-5-15-10(2)18-11/h4-6,9,14,16-17H,3,7-8H2,1-2H3. The van der Waals surface area contributed by atoms with Crippen LogP contribution in [0.5, 0.6) is 0 Å². The monoisotopic (exact) mass is 309 g/mol. The van der Waals surface area contributed by atoms with Gasteiger partial charge in [0.1, 0.15) is 5.82 Å². The topological polar surface area (TPSA) is 99.8 Å². The molecule has 21 heavy (non-hydrogen) atoms. The molecule has 2 aromatic heterocycles. The SMILES string of the molecule is CCNCc1cc(S(=O)(=O)NCc2ccnc(C)n2)c[nH]1. The second kappa shape index (κ2) is 6.79. The number of hydrogen-bond donors (Lipinski definition) is 3. The zero-order chi connectivity index (χ0) is 15.3. The van der Waals surface area contributed by atoms with E-state index in [1.807, 2.05) is 6.92 Å². The van der Waals surface area contributed by atoms with Gasteiger partial charge in [-0.1, -0.05) is 6.92 Å². The summed E-state index contributed by atoms with van der Waals surface area (Å²) in [6.07, 6.45) is 3.09. The lowest BCUT2D eigenvalue weighted by Crippen LogP contribution is -2.23. The highest BCUT2D eigenvalue weighted by Crippen LogP contribution is 2.11. The summed E-state index contributed by atoms with van der Waals surface area (Å²) in [7, 11) is -3.54. The van der Waals surface area contributed by atoms with Gasteiger partial charge >= 0.3 is 0 Å². The van der Waals surface area contributed by atoms with Crippen LogP contribution in [-0.2, 0) is 23.1 Å². The van der Waals surface area contributed by atoms with Gasteiger partial charge in [0.25, 0.3) is 0 Å². The minimum absolute atomic E-state index is 0.138. The van der Waals surface area contributed by atoms with Gasteiger partial charge in [-0.05, 0) is 25.6 Å². The van der Waals surface area contributed by atoms with E-state index in [1.165, 1.54) is 6.20 Å². The van der Waals surface area contributed by atoms with Gasteiger partial charge in [-0.3, -0.25) is 0 Å². The molecule has 0 radical (unpaired) electrons. The molecular formula is C13H19N5O2S. The van der Waals surface area contributed by atoms with Gasteiger partial charge in [0.2, 0.25) is 10.0 Å². The van der Waals surface area contributed by atoms with Gasteiger partial charge in [0, 0.05) is 24.6 Å². The summed E-state index contributed by atoms with van der Waals surface area (Å²) in [5.74, 6) is 0.612. The van der Waals surface area contributed by atoms with E-state index in [9.17, 15) is 8.42 Å². The van der Waals surface area contributed by atoms with Crippen LogP contribution in [0, 0.1) is 6.92 Å². The van der Waals surface area contributed by atoms with Gasteiger partial charge in [-0.15, -0.1) is 0 Å². The Hall–Kier alpha value is -1.77. The lowest BCUT2D eigenvalue weighted by molar-refractivity contribution is 0.580. The molecular weight excluding hydrogens is 290 g/mol. The number of aromatic amines is 1. The van der Waals surface area contributed by atoms with Crippen LogP contribution < -0.4 is 10.0 Å². The first-order chi connectivity index (χ1) is 10.0. The van der Waals surface area contributed by atoms with E-state index in [4.69, 9.17) is 0 Å². The van der Waals surface area contributed by atoms with Crippen LogP contribution in [0.4, 0.5) is 0 Å². The fourth-order valence-corrected chi connectivity index (χ4v) is 2.81. The van der Waals surface area contributed by atoms with E-state index in [0.29, 0.717) is 18.1 Å². The molecule has 0 aliphatic heterocycles. The number of nitrogens with one attached hydrogen (secondary N) is 3. The van der Waals surface area contributed by atoms with Crippen molar-refractivity contribution >= 4 is 10.0 Å². The predicted molar refractivity (Wildman–Crippen MR) is 79.0 cm³/mol. The van der Waals surface area contributed by atoms with E-state index in [0.717, 1.165) is 12.2 Å². The molecule has 0 amide bonds. The molecule has 0 atom stereocenters. The number of sulfonamides is 1. The Kier molecular flexibility index (Phi) is 5.05. The first-order valence-corrected chi connectivity index (χ1v) is 8.16. The van der Waals surface area contributed by atoms with E-state index in [1.54, 1.807) is 25.3 Å². The number of H-pyrrole nitrogens is 1. The third-order valence-corrected chi connectivity index (χ3v) is 4.25. The van der Waals surface area contributed by atoms with Crippen molar-refractivity contribution in [1.82, 2.24) is 25.0 Å². The second-order valence-corrected chi connectivity index (χ2v) is 6.33. The molecule has 0 fully saturated rings. The number of aryl methyl sites for hydroxylation is 1. The molecule has 0 aliphatic rings. The van der Waals surface area contributed by atoms with E-state index in [-0.39, 0.29) is 11.4 Å². The Morgan fingerprint density at radius 2 is 2.14 bits per heavy atom. The molecule has 0 saturated heterocycles. The van der Waals surface area contributed by atoms with E-state index >= 15 is 0 Å². The lowest BCUT2D eigenvalue weighted by Gasteiger charge is -2.04. The second-order valence-electron chi connectivity index (χ2n) is 4.56. The lowest BCUT2D eigenvalue weighted by atomic mass is 10.4. The van der Waals surface area contributed by atoms with Crippen LogP contribution >= 0.6 is 0 Å². The Labute approximate surface area is 124 Å². The average Bonchev–Trinajstić information content (AvgIpc) is 2.93. The minimum Gasteiger partial charge on any atom is -0.363 e. The molecule has 0 saturated carbocycles. The number of hydrogen-bond acceptors (Lipinski definition) is 5. The van der Waals surface area contributed by atoms with Crippen LogP contribution in [0.3, 0.4) is 0 Å². The Bertz CT molecular complexity index is 696. The zero-order valence-corrected chi connectivity index (χ0v) is 12.9. The van der Waals surface area contributed by atoms with Crippen molar-refractivity contribution in [2.24, 2.45) is 0 Å². The Morgan fingerprint density at radius 3 is 2.86 bits per heavy atom. The molecule has 8 heteroatoms. The first-order valence-electron chi connectivity index (χ1n) is 6.67. The molecule has 2 rings (SSSR count). The molecule has 7 nitrogen and oxygen atoms in total. The van der Waals surface area contributed by atoms with Gasteiger partial charge in [-0.2, -0.15) is 0 Å². The third kappa shape index (κ3) is 4.35. The highest BCUT2D eigenvalue weighted by atomic mass is 32.2. The fourth-order valence-electron chi connectivity index (χ4n) is 1.79. The van der Waals surface area contributed by atoms with Crippen molar-refractivity contribution in [3.63, 3.8) is 0 Å². The van der Waals surface area contributed by atoms with Crippen LogP contribution in [0.15, 0.2) is 29.4 Å². The smallest absolute Gasteiger partial charge is 0.242 e. The highest BCUT2D eigenvalue weighted by molar-refractivity contribution is 7.89.